The van der Waals surface area contributed by atoms with Crippen molar-refractivity contribution >= 4 is 29.1 Å². The van der Waals surface area contributed by atoms with Crippen LogP contribution in [0.15, 0.2) is 48.5 Å². The van der Waals surface area contributed by atoms with Crippen molar-refractivity contribution in [2.75, 3.05) is 44.2 Å². The van der Waals surface area contributed by atoms with Gasteiger partial charge in [-0.25, -0.2) is 4.39 Å². The third-order valence-electron chi connectivity index (χ3n) is 5.35. The zero-order valence-electron chi connectivity index (χ0n) is 17.6. The monoisotopic (exact) mass is 446 g/mol. The van der Waals surface area contributed by atoms with E-state index in [9.17, 15) is 14.0 Å². The lowest BCUT2D eigenvalue weighted by Crippen LogP contribution is -2.48. The van der Waals surface area contributed by atoms with Crippen molar-refractivity contribution in [1.29, 1.82) is 0 Å². The Morgan fingerprint density at radius 1 is 1.03 bits per heavy atom. The van der Waals surface area contributed by atoms with E-state index in [1.54, 1.807) is 24.3 Å². The molecule has 2 N–H and O–H groups in total. The standard InChI is InChI=1S/C23H28ClFN4O2/c1-17(30)27-22(18-2-4-19(24)5-3-18)16-23(31)26-10-11-28-12-14-29(15-13-28)21-8-6-20(25)7-9-21/h2-9,22H,10-16H2,1H3,(H,26,31)(H,27,30). The third kappa shape index (κ3) is 7.22. The minimum absolute atomic E-state index is 0.112. The van der Waals surface area contributed by atoms with Crippen molar-refractivity contribution in [1.82, 2.24) is 15.5 Å². The van der Waals surface area contributed by atoms with E-state index in [0.717, 1.165) is 44.0 Å². The van der Waals surface area contributed by atoms with Gasteiger partial charge in [0, 0.05) is 56.9 Å². The summed E-state index contributed by atoms with van der Waals surface area (Å²) in [6.07, 6.45) is 0.166. The van der Waals surface area contributed by atoms with Gasteiger partial charge in [-0.1, -0.05) is 23.7 Å². The Hall–Kier alpha value is -2.64. The molecular weight excluding hydrogens is 419 g/mol. The molecule has 166 valence electrons. The van der Waals surface area contributed by atoms with Gasteiger partial charge in [0.15, 0.2) is 0 Å². The highest BCUT2D eigenvalue weighted by atomic mass is 35.5. The van der Waals surface area contributed by atoms with Crippen molar-refractivity contribution in [3.63, 3.8) is 0 Å². The molecule has 0 spiro atoms. The molecule has 1 fully saturated rings. The molecule has 1 heterocycles. The number of amides is 2. The summed E-state index contributed by atoms with van der Waals surface area (Å²) in [7, 11) is 0. The van der Waals surface area contributed by atoms with Crippen molar-refractivity contribution in [2.24, 2.45) is 0 Å². The van der Waals surface area contributed by atoms with Crippen LogP contribution in [-0.4, -0.2) is 56.0 Å². The summed E-state index contributed by atoms with van der Waals surface area (Å²) < 4.78 is 13.1. The van der Waals surface area contributed by atoms with Crippen LogP contribution in [0.2, 0.25) is 5.02 Å². The molecule has 3 rings (SSSR count). The van der Waals surface area contributed by atoms with Crippen LogP contribution in [0.5, 0.6) is 0 Å². The minimum atomic E-state index is -0.394. The topological polar surface area (TPSA) is 64.7 Å². The lowest BCUT2D eigenvalue weighted by molar-refractivity contribution is -0.122. The summed E-state index contributed by atoms with van der Waals surface area (Å²) in [4.78, 5) is 28.5. The number of nitrogens with one attached hydrogen (secondary N) is 2. The van der Waals surface area contributed by atoms with Gasteiger partial charge in [-0.2, -0.15) is 0 Å². The van der Waals surface area contributed by atoms with Crippen LogP contribution in [0.4, 0.5) is 10.1 Å². The van der Waals surface area contributed by atoms with Crippen LogP contribution in [0, 0.1) is 5.82 Å². The maximum absolute atomic E-state index is 13.1. The van der Waals surface area contributed by atoms with E-state index in [4.69, 9.17) is 11.6 Å². The highest BCUT2D eigenvalue weighted by Gasteiger charge is 2.19. The van der Waals surface area contributed by atoms with E-state index in [0.29, 0.717) is 11.6 Å². The molecule has 0 aliphatic carbocycles. The zero-order valence-corrected chi connectivity index (χ0v) is 18.4. The Labute approximate surface area is 187 Å². The summed E-state index contributed by atoms with van der Waals surface area (Å²) in [5.74, 6) is -0.527. The molecule has 1 atom stereocenters. The van der Waals surface area contributed by atoms with Gasteiger partial charge >= 0.3 is 0 Å². The molecule has 0 saturated carbocycles. The number of rotatable bonds is 8. The van der Waals surface area contributed by atoms with Crippen molar-refractivity contribution in [2.45, 2.75) is 19.4 Å². The first-order chi connectivity index (χ1) is 14.9. The third-order valence-corrected chi connectivity index (χ3v) is 5.61. The smallest absolute Gasteiger partial charge is 0.222 e. The summed E-state index contributed by atoms with van der Waals surface area (Å²) in [6.45, 7) is 6.23. The fraction of sp³-hybridized carbons (Fsp3) is 0.391. The highest BCUT2D eigenvalue weighted by molar-refractivity contribution is 6.30. The number of halogens is 2. The first kappa shape index (κ1) is 23.0. The molecule has 1 saturated heterocycles. The average Bonchev–Trinajstić information content (AvgIpc) is 2.75. The summed E-state index contributed by atoms with van der Waals surface area (Å²) in [5, 5.41) is 6.38. The van der Waals surface area contributed by atoms with E-state index in [1.807, 2.05) is 12.1 Å². The molecule has 2 amide bonds. The lowest BCUT2D eigenvalue weighted by atomic mass is 10.0. The Kier molecular flexibility index (Phi) is 8.26. The van der Waals surface area contributed by atoms with Gasteiger partial charge in [0.1, 0.15) is 5.82 Å². The van der Waals surface area contributed by atoms with Gasteiger partial charge in [-0.15, -0.1) is 0 Å². The number of carbonyl (C=O) groups is 2. The van der Waals surface area contributed by atoms with Crippen molar-refractivity contribution < 1.29 is 14.0 Å². The van der Waals surface area contributed by atoms with E-state index >= 15 is 0 Å². The molecule has 0 aromatic heterocycles. The second kappa shape index (κ2) is 11.1. The van der Waals surface area contributed by atoms with Gasteiger partial charge in [0.05, 0.1) is 12.5 Å². The van der Waals surface area contributed by atoms with E-state index in [-0.39, 0.29) is 24.1 Å². The molecule has 0 bridgehead atoms. The second-order valence-corrected chi connectivity index (χ2v) is 8.10. The molecule has 1 aliphatic rings. The number of anilines is 1. The largest absolute Gasteiger partial charge is 0.369 e. The number of hydrogen-bond acceptors (Lipinski definition) is 4. The van der Waals surface area contributed by atoms with Gasteiger partial charge in [0.25, 0.3) is 0 Å². The Balaban J connectivity index is 1.41. The first-order valence-corrected chi connectivity index (χ1v) is 10.8. The second-order valence-electron chi connectivity index (χ2n) is 7.66. The summed E-state index contributed by atoms with van der Waals surface area (Å²) >= 11 is 5.93. The molecule has 1 unspecified atom stereocenters. The fourth-order valence-electron chi connectivity index (χ4n) is 3.69. The normalized spacial score (nSPS) is 15.4. The predicted molar refractivity (Wildman–Crippen MR) is 121 cm³/mol. The number of piperazine rings is 1. The van der Waals surface area contributed by atoms with E-state index in [1.165, 1.54) is 19.1 Å². The molecule has 0 radical (unpaired) electrons. The molecule has 1 aliphatic heterocycles. The summed E-state index contributed by atoms with van der Waals surface area (Å²) in [6, 6.07) is 13.3. The van der Waals surface area contributed by atoms with Gasteiger partial charge < -0.3 is 15.5 Å². The zero-order chi connectivity index (χ0) is 22.2. The lowest BCUT2D eigenvalue weighted by Gasteiger charge is -2.36. The Morgan fingerprint density at radius 2 is 1.68 bits per heavy atom. The van der Waals surface area contributed by atoms with Gasteiger partial charge in [-0.05, 0) is 42.0 Å². The molecule has 2 aromatic rings. The van der Waals surface area contributed by atoms with Gasteiger partial charge in [0.2, 0.25) is 11.8 Å². The fourth-order valence-corrected chi connectivity index (χ4v) is 3.81. The average molecular weight is 447 g/mol. The maximum atomic E-state index is 13.1. The Bertz CT molecular complexity index is 868. The van der Waals surface area contributed by atoms with Crippen LogP contribution in [0.3, 0.4) is 0 Å². The highest BCUT2D eigenvalue weighted by Crippen LogP contribution is 2.20. The quantitative estimate of drug-likeness (QED) is 0.654. The number of hydrogen-bond donors (Lipinski definition) is 2. The minimum Gasteiger partial charge on any atom is -0.369 e. The SMILES string of the molecule is CC(=O)NC(CC(=O)NCCN1CCN(c2ccc(F)cc2)CC1)c1ccc(Cl)cc1. The Morgan fingerprint density at radius 3 is 2.29 bits per heavy atom. The molecule has 2 aromatic carbocycles. The predicted octanol–water partition coefficient (Wildman–Crippen LogP) is 2.98. The number of nitrogens with zero attached hydrogens (tertiary/aromatic N) is 2. The molecule has 6 nitrogen and oxygen atoms in total. The van der Waals surface area contributed by atoms with Crippen LogP contribution < -0.4 is 15.5 Å². The number of benzene rings is 2. The van der Waals surface area contributed by atoms with Crippen LogP contribution in [0.25, 0.3) is 0 Å². The first-order valence-electron chi connectivity index (χ1n) is 10.4. The van der Waals surface area contributed by atoms with Gasteiger partial charge in [-0.3, -0.25) is 14.5 Å². The van der Waals surface area contributed by atoms with E-state index < -0.39 is 6.04 Å². The molecule has 8 heteroatoms. The molecular formula is C23H28ClFN4O2. The van der Waals surface area contributed by atoms with Crippen LogP contribution in [-0.2, 0) is 9.59 Å². The summed E-state index contributed by atoms with van der Waals surface area (Å²) in [5.41, 5.74) is 1.87. The van der Waals surface area contributed by atoms with E-state index in [2.05, 4.69) is 20.4 Å². The van der Waals surface area contributed by atoms with Crippen molar-refractivity contribution in [3.8, 4) is 0 Å². The molecule has 31 heavy (non-hydrogen) atoms. The van der Waals surface area contributed by atoms with Crippen LogP contribution >= 0.6 is 11.6 Å². The van der Waals surface area contributed by atoms with Crippen LogP contribution in [0.1, 0.15) is 24.9 Å². The maximum Gasteiger partial charge on any atom is 0.222 e. The number of carbonyl (C=O) groups excluding carboxylic acids is 2. The van der Waals surface area contributed by atoms with Crippen molar-refractivity contribution in [3.05, 3.63) is 64.9 Å².